The minimum atomic E-state index is -4.28. The van der Waals surface area contributed by atoms with Crippen molar-refractivity contribution in [1.29, 1.82) is 0 Å². The van der Waals surface area contributed by atoms with Gasteiger partial charge in [-0.25, -0.2) is 4.57 Å². The molecule has 0 aromatic heterocycles. The Labute approximate surface area is 286 Å². The molecule has 0 bridgehead atoms. The van der Waals surface area contributed by atoms with Gasteiger partial charge in [0.2, 0.25) is 0 Å². The number of esters is 1. The third kappa shape index (κ3) is 35.1. The van der Waals surface area contributed by atoms with Crippen molar-refractivity contribution in [2.24, 2.45) is 5.73 Å². The molecule has 47 heavy (non-hydrogen) atoms. The smallest absolute Gasteiger partial charge is 0.457 e. The van der Waals surface area contributed by atoms with Crippen LogP contribution in [-0.2, 0) is 27.9 Å². The Bertz CT molecular complexity index is 942. The average molecular weight is 680 g/mol. The zero-order valence-corrected chi connectivity index (χ0v) is 30.4. The van der Waals surface area contributed by atoms with E-state index in [0.29, 0.717) is 13.0 Å². The second kappa shape index (κ2) is 35.3. The summed E-state index contributed by atoms with van der Waals surface area (Å²) in [5, 5.41) is 0. The zero-order chi connectivity index (χ0) is 34.5. The van der Waals surface area contributed by atoms with Crippen molar-refractivity contribution in [1.82, 2.24) is 0 Å². The highest BCUT2D eigenvalue weighted by Crippen LogP contribution is 2.43. The van der Waals surface area contributed by atoms with Crippen molar-refractivity contribution < 1.29 is 32.8 Å². The largest absolute Gasteiger partial charge is 0.472 e. The monoisotopic (exact) mass is 679 g/mol. The number of unbranched alkanes of at least 4 members (excludes halogenated alkanes) is 8. The molecule has 0 saturated carbocycles. The molecule has 3 N–H and O–H groups in total. The van der Waals surface area contributed by atoms with Crippen LogP contribution in [0, 0.1) is 0 Å². The number of carbonyl (C=O) groups excluding carboxylic acids is 1. The van der Waals surface area contributed by atoms with Crippen molar-refractivity contribution in [2.45, 2.75) is 129 Å². The average Bonchev–Trinajstić information content (AvgIpc) is 3.06. The minimum Gasteiger partial charge on any atom is -0.457 e. The fourth-order valence-electron chi connectivity index (χ4n) is 4.30. The number of phosphoric ester groups is 1. The summed E-state index contributed by atoms with van der Waals surface area (Å²) in [6.07, 6.45) is 42.2. The lowest BCUT2D eigenvalue weighted by molar-refractivity contribution is -0.154. The molecule has 0 spiro atoms. The van der Waals surface area contributed by atoms with E-state index in [4.69, 9.17) is 24.3 Å². The van der Waals surface area contributed by atoms with Gasteiger partial charge in [-0.05, 0) is 57.8 Å². The third-order valence-electron chi connectivity index (χ3n) is 6.89. The van der Waals surface area contributed by atoms with E-state index in [0.717, 1.165) is 70.6 Å². The summed E-state index contributed by atoms with van der Waals surface area (Å²) >= 11 is 0. The van der Waals surface area contributed by atoms with Crippen molar-refractivity contribution in [2.75, 3.05) is 33.0 Å². The number of allylic oxidation sites excluding steroid dienone is 12. The molecule has 0 rings (SSSR count). The quantitative estimate of drug-likeness (QED) is 0.0305. The fourth-order valence-corrected chi connectivity index (χ4v) is 5.07. The highest BCUT2D eigenvalue weighted by molar-refractivity contribution is 7.47. The molecular weight excluding hydrogens is 613 g/mol. The van der Waals surface area contributed by atoms with Crippen LogP contribution < -0.4 is 5.73 Å². The molecule has 9 heteroatoms. The van der Waals surface area contributed by atoms with Crippen LogP contribution in [0.1, 0.15) is 123 Å². The van der Waals surface area contributed by atoms with E-state index in [2.05, 4.69) is 86.8 Å². The summed E-state index contributed by atoms with van der Waals surface area (Å²) in [4.78, 5) is 22.2. The lowest BCUT2D eigenvalue weighted by Gasteiger charge is -2.20. The van der Waals surface area contributed by atoms with E-state index in [9.17, 15) is 14.3 Å². The van der Waals surface area contributed by atoms with E-state index < -0.39 is 13.9 Å². The van der Waals surface area contributed by atoms with Gasteiger partial charge in [-0.1, -0.05) is 132 Å². The summed E-state index contributed by atoms with van der Waals surface area (Å²) in [6, 6.07) is 0. The first-order valence-electron chi connectivity index (χ1n) is 17.9. The van der Waals surface area contributed by atoms with Gasteiger partial charge in [0.05, 0.1) is 19.8 Å². The van der Waals surface area contributed by atoms with E-state index in [1.54, 1.807) is 0 Å². The Balaban J connectivity index is 4.19. The molecular formula is C38H66NO7P. The van der Waals surface area contributed by atoms with Gasteiger partial charge < -0.3 is 20.1 Å². The van der Waals surface area contributed by atoms with Crippen molar-refractivity contribution in [3.63, 3.8) is 0 Å². The first-order chi connectivity index (χ1) is 22.9. The molecule has 2 atom stereocenters. The van der Waals surface area contributed by atoms with Crippen molar-refractivity contribution in [3.8, 4) is 0 Å². The van der Waals surface area contributed by atoms with Gasteiger partial charge in [0.1, 0.15) is 6.10 Å². The molecule has 0 aromatic carbocycles. The maximum absolute atomic E-state index is 12.4. The van der Waals surface area contributed by atoms with Crippen LogP contribution in [0.15, 0.2) is 72.9 Å². The second-order valence-electron chi connectivity index (χ2n) is 11.4. The number of phosphoric acid groups is 1. The Morgan fingerprint density at radius 2 is 1.17 bits per heavy atom. The van der Waals surface area contributed by atoms with Gasteiger partial charge in [-0.3, -0.25) is 13.8 Å². The summed E-state index contributed by atoms with van der Waals surface area (Å²) in [5.41, 5.74) is 5.33. The van der Waals surface area contributed by atoms with Crippen LogP contribution in [0.2, 0.25) is 0 Å². The predicted molar refractivity (Wildman–Crippen MR) is 196 cm³/mol. The Kier molecular flexibility index (Phi) is 33.7. The molecule has 0 saturated heterocycles. The first kappa shape index (κ1) is 44.9. The molecule has 2 unspecified atom stereocenters. The lowest BCUT2D eigenvalue weighted by atomic mass is 10.1. The van der Waals surface area contributed by atoms with Crippen LogP contribution in [0.5, 0.6) is 0 Å². The molecule has 0 aliphatic carbocycles. The van der Waals surface area contributed by atoms with Crippen LogP contribution in [0.25, 0.3) is 0 Å². The number of hydrogen-bond acceptors (Lipinski definition) is 7. The van der Waals surface area contributed by atoms with E-state index >= 15 is 0 Å². The molecule has 0 aromatic rings. The zero-order valence-electron chi connectivity index (χ0n) is 29.5. The van der Waals surface area contributed by atoms with Crippen molar-refractivity contribution >= 4 is 13.8 Å². The first-order valence-corrected chi connectivity index (χ1v) is 19.4. The summed E-state index contributed by atoms with van der Waals surface area (Å²) < 4.78 is 33.1. The number of hydrogen-bond donors (Lipinski definition) is 2. The van der Waals surface area contributed by atoms with E-state index in [1.807, 2.05) is 0 Å². The lowest BCUT2D eigenvalue weighted by Crippen LogP contribution is -2.28. The second-order valence-corrected chi connectivity index (χ2v) is 12.8. The standard InChI is InChI=1S/C38H66NO7P/c1-3-5-7-9-11-13-14-15-16-17-18-19-20-21-22-23-24-26-28-30-33-43-35-37(36-45-47(41,42)44-34-32-39)46-38(40)31-29-27-25-12-10-8-6-4-2/h5,7,11,13,15-16,18-19,21-22,24,26,37H,3-4,6,8-10,12,14,17,20,23,25,27-36,39H2,1-2H3,(H,41,42)/b7-5-,13-11-,16-15-,19-18-,22-21-,26-24-. The molecule has 0 aliphatic heterocycles. The van der Waals surface area contributed by atoms with Crippen molar-refractivity contribution in [3.05, 3.63) is 72.9 Å². The minimum absolute atomic E-state index is 0.0732. The van der Waals surface area contributed by atoms with E-state index in [1.165, 1.54) is 32.1 Å². The normalized spacial score (nSPS) is 14.6. The maximum Gasteiger partial charge on any atom is 0.472 e. The Morgan fingerprint density at radius 3 is 1.70 bits per heavy atom. The topological polar surface area (TPSA) is 117 Å². The fraction of sp³-hybridized carbons (Fsp3) is 0.658. The Hall–Kier alpha value is -2.06. The van der Waals surface area contributed by atoms with Crippen LogP contribution in [0.3, 0.4) is 0 Å². The molecule has 0 amide bonds. The number of rotatable bonds is 33. The van der Waals surface area contributed by atoms with Gasteiger partial charge in [0.15, 0.2) is 0 Å². The van der Waals surface area contributed by atoms with Gasteiger partial charge in [-0.2, -0.15) is 0 Å². The molecule has 270 valence electrons. The third-order valence-corrected chi connectivity index (χ3v) is 7.87. The van der Waals surface area contributed by atoms with Gasteiger partial charge >= 0.3 is 13.8 Å². The van der Waals surface area contributed by atoms with Crippen LogP contribution in [0.4, 0.5) is 0 Å². The highest BCUT2D eigenvalue weighted by Gasteiger charge is 2.25. The van der Waals surface area contributed by atoms with Crippen LogP contribution >= 0.6 is 7.82 Å². The van der Waals surface area contributed by atoms with Gasteiger partial charge in [0.25, 0.3) is 0 Å². The molecule has 0 aliphatic rings. The maximum atomic E-state index is 12.4. The number of carbonyl (C=O) groups is 1. The van der Waals surface area contributed by atoms with Crippen LogP contribution in [-0.4, -0.2) is 49.9 Å². The SMILES string of the molecule is CC/C=C\C/C=C\C/C=C\C/C=C\C/C=C\C/C=C\CCCOCC(COP(=O)(O)OCCN)OC(=O)CCCCCCCCCC. The number of ether oxygens (including phenoxy) is 2. The highest BCUT2D eigenvalue weighted by atomic mass is 31.2. The van der Waals surface area contributed by atoms with Gasteiger partial charge in [-0.15, -0.1) is 0 Å². The predicted octanol–water partition coefficient (Wildman–Crippen LogP) is 10.0. The molecule has 0 radical (unpaired) electrons. The van der Waals surface area contributed by atoms with E-state index in [-0.39, 0.29) is 32.3 Å². The molecule has 0 fully saturated rings. The summed E-state index contributed by atoms with van der Waals surface area (Å²) in [6.45, 7) is 4.58. The Morgan fingerprint density at radius 1 is 0.660 bits per heavy atom. The molecule has 8 nitrogen and oxygen atoms in total. The number of nitrogens with two attached hydrogens (primary N) is 1. The van der Waals surface area contributed by atoms with Gasteiger partial charge in [0, 0.05) is 19.6 Å². The summed E-state index contributed by atoms with van der Waals surface area (Å²) in [5.74, 6) is -0.359. The summed E-state index contributed by atoms with van der Waals surface area (Å²) in [7, 11) is -4.28. The molecule has 0 heterocycles.